The summed E-state index contributed by atoms with van der Waals surface area (Å²) >= 11 is 1.33. The Morgan fingerprint density at radius 2 is 1.88 bits per heavy atom. The lowest BCUT2D eigenvalue weighted by molar-refractivity contribution is 0.146. The van der Waals surface area contributed by atoms with E-state index in [-0.39, 0.29) is 18.7 Å². The monoisotopic (exact) mass is 476 g/mol. The molecule has 0 unspecified atom stereocenters. The largest absolute Gasteiger partial charge is 0.491 e. The molecule has 1 aliphatic heterocycles. The third-order valence-electron chi connectivity index (χ3n) is 5.18. The molecule has 1 aliphatic rings. The van der Waals surface area contributed by atoms with Crippen molar-refractivity contribution in [3.63, 3.8) is 0 Å². The molecule has 172 valence electrons. The van der Waals surface area contributed by atoms with Crippen molar-refractivity contribution in [3.05, 3.63) is 59.7 Å². The smallest absolute Gasteiger partial charge is 0.148 e. The molecule has 1 fully saturated rings. The highest BCUT2D eigenvalue weighted by atomic mass is 32.2. The fraction of sp³-hybridized carbons (Fsp3) is 0.292. The first kappa shape index (κ1) is 23.4. The molecular weight excluding hydrogens is 455 g/mol. The Bertz CT molecular complexity index is 1220. The lowest BCUT2D eigenvalue weighted by atomic mass is 9.95. The molecule has 0 saturated carbocycles. The molecule has 0 radical (unpaired) electrons. The first-order valence-electron chi connectivity index (χ1n) is 10.5. The van der Waals surface area contributed by atoms with Gasteiger partial charge in [0.15, 0.2) is 0 Å². The van der Waals surface area contributed by atoms with Crippen molar-refractivity contribution < 1.29 is 13.9 Å². The van der Waals surface area contributed by atoms with Crippen molar-refractivity contribution in [2.75, 3.05) is 38.3 Å². The van der Waals surface area contributed by atoms with Gasteiger partial charge < -0.3 is 14.4 Å². The van der Waals surface area contributed by atoms with Crippen LogP contribution < -0.4 is 9.64 Å². The Kier molecular flexibility index (Phi) is 7.53. The summed E-state index contributed by atoms with van der Waals surface area (Å²) in [5.41, 5.74) is 2.42. The number of pyridine rings is 1. The van der Waals surface area contributed by atoms with Gasteiger partial charge in [0.2, 0.25) is 0 Å². The van der Waals surface area contributed by atoms with Crippen LogP contribution in [0, 0.1) is 22.7 Å². The van der Waals surface area contributed by atoms with Crippen LogP contribution in [-0.4, -0.2) is 54.5 Å². The molecule has 4 rings (SSSR count). The van der Waals surface area contributed by atoms with Gasteiger partial charge in [0, 0.05) is 37.0 Å². The molecule has 0 atom stereocenters. The van der Waals surface area contributed by atoms with Crippen LogP contribution in [0.25, 0.3) is 11.1 Å². The maximum absolute atomic E-state index is 13.7. The fourth-order valence-corrected chi connectivity index (χ4v) is 4.37. The molecule has 0 bridgehead atoms. The minimum absolute atomic E-state index is 0.160. The van der Waals surface area contributed by atoms with Gasteiger partial charge in [-0.05, 0) is 17.7 Å². The summed E-state index contributed by atoms with van der Waals surface area (Å²) in [4.78, 5) is 14.7. The van der Waals surface area contributed by atoms with Crippen LogP contribution in [-0.2, 0) is 10.5 Å². The molecule has 0 N–H and O–H groups in total. The van der Waals surface area contributed by atoms with Crippen molar-refractivity contribution in [3.8, 4) is 29.0 Å². The second kappa shape index (κ2) is 10.9. The number of anilines is 1. The number of aromatic nitrogens is 3. The molecular formula is C24H21FN6O2S. The number of hydrogen-bond donors (Lipinski definition) is 0. The third-order valence-corrected chi connectivity index (χ3v) is 6.19. The molecule has 2 aromatic heterocycles. The summed E-state index contributed by atoms with van der Waals surface area (Å²) in [6, 6.07) is 11.6. The second-order valence-electron chi connectivity index (χ2n) is 7.44. The van der Waals surface area contributed by atoms with Gasteiger partial charge in [-0.3, -0.25) is 9.97 Å². The zero-order chi connectivity index (χ0) is 23.9. The normalized spacial score (nSPS) is 13.1. The molecule has 8 nitrogen and oxygen atoms in total. The highest BCUT2D eigenvalue weighted by Gasteiger charge is 2.32. The van der Waals surface area contributed by atoms with E-state index in [1.807, 2.05) is 0 Å². The minimum Gasteiger partial charge on any atom is -0.491 e. The maximum atomic E-state index is 13.7. The van der Waals surface area contributed by atoms with Crippen LogP contribution >= 0.6 is 11.8 Å². The number of nitrogens with zero attached hydrogens (tertiary/aromatic N) is 6. The lowest BCUT2D eigenvalue weighted by Crippen LogP contribution is -2.49. The summed E-state index contributed by atoms with van der Waals surface area (Å²) in [7, 11) is 1.60. The number of hydrogen-bond acceptors (Lipinski definition) is 9. The summed E-state index contributed by atoms with van der Waals surface area (Å²) < 4.78 is 24.3. The van der Waals surface area contributed by atoms with E-state index < -0.39 is 6.17 Å². The van der Waals surface area contributed by atoms with Crippen LogP contribution in [0.3, 0.4) is 0 Å². The van der Waals surface area contributed by atoms with Gasteiger partial charge in [-0.1, -0.05) is 23.9 Å². The van der Waals surface area contributed by atoms with E-state index in [1.54, 1.807) is 54.9 Å². The summed E-state index contributed by atoms with van der Waals surface area (Å²) in [6.45, 7) is 1.19. The molecule has 1 aromatic carbocycles. The topological polar surface area (TPSA) is 108 Å². The Labute approximate surface area is 201 Å². The van der Waals surface area contributed by atoms with Crippen molar-refractivity contribution in [2.24, 2.45) is 0 Å². The Morgan fingerprint density at radius 1 is 1.12 bits per heavy atom. The van der Waals surface area contributed by atoms with Crippen LogP contribution in [0.2, 0.25) is 0 Å². The number of nitriles is 2. The average molecular weight is 477 g/mol. The molecule has 3 heterocycles. The van der Waals surface area contributed by atoms with Crippen LogP contribution in [0.5, 0.6) is 5.75 Å². The van der Waals surface area contributed by atoms with E-state index in [1.165, 1.54) is 11.8 Å². The SMILES string of the molecule is COCCOc1ccc(-c2c(C#N)c(SCc3cnccn3)nc(N3CC(F)C3)c2C#N)cc1. The van der Waals surface area contributed by atoms with E-state index in [9.17, 15) is 14.9 Å². The Balaban J connectivity index is 1.76. The highest BCUT2D eigenvalue weighted by molar-refractivity contribution is 7.98. The van der Waals surface area contributed by atoms with Crippen LogP contribution in [0.4, 0.5) is 10.2 Å². The Hall–Kier alpha value is -3.73. The van der Waals surface area contributed by atoms with Gasteiger partial charge in [0.1, 0.15) is 47.1 Å². The van der Waals surface area contributed by atoms with E-state index in [0.29, 0.717) is 52.3 Å². The van der Waals surface area contributed by atoms with Gasteiger partial charge in [0.25, 0.3) is 0 Å². The average Bonchev–Trinajstić information content (AvgIpc) is 2.86. The quantitative estimate of drug-likeness (QED) is 0.337. The first-order chi connectivity index (χ1) is 16.6. The number of ether oxygens (including phenoxy) is 2. The van der Waals surface area contributed by atoms with Crippen molar-refractivity contribution in [2.45, 2.75) is 17.0 Å². The molecule has 34 heavy (non-hydrogen) atoms. The van der Waals surface area contributed by atoms with Gasteiger partial charge in [-0.25, -0.2) is 9.37 Å². The molecule has 0 aliphatic carbocycles. The predicted molar refractivity (Wildman–Crippen MR) is 125 cm³/mol. The second-order valence-corrected chi connectivity index (χ2v) is 8.41. The lowest BCUT2D eigenvalue weighted by Gasteiger charge is -2.36. The van der Waals surface area contributed by atoms with Gasteiger partial charge >= 0.3 is 0 Å². The highest BCUT2D eigenvalue weighted by Crippen LogP contribution is 2.40. The Morgan fingerprint density at radius 3 is 2.50 bits per heavy atom. The molecule has 0 amide bonds. The molecule has 10 heteroatoms. The molecule has 3 aromatic rings. The standard InChI is InChI=1S/C24H21FN6O2S/c1-32-8-9-33-19-4-2-16(3-5-19)22-20(10-26)23(31-13-17(25)14-31)30-24(21(22)11-27)34-15-18-12-28-6-7-29-18/h2-7,12,17H,8-9,13-15H2,1H3. The predicted octanol–water partition coefficient (Wildman–Crippen LogP) is 3.76. The van der Waals surface area contributed by atoms with Crippen molar-refractivity contribution in [1.29, 1.82) is 10.5 Å². The molecule has 1 saturated heterocycles. The van der Waals surface area contributed by atoms with E-state index in [4.69, 9.17) is 9.47 Å². The number of methoxy groups -OCH3 is 1. The van der Waals surface area contributed by atoms with Crippen LogP contribution in [0.15, 0.2) is 47.9 Å². The van der Waals surface area contributed by atoms with Crippen molar-refractivity contribution in [1.82, 2.24) is 15.0 Å². The van der Waals surface area contributed by atoms with Crippen LogP contribution in [0.1, 0.15) is 16.8 Å². The summed E-state index contributed by atoms with van der Waals surface area (Å²) in [5.74, 6) is 1.47. The zero-order valence-corrected chi connectivity index (χ0v) is 19.3. The minimum atomic E-state index is -0.966. The van der Waals surface area contributed by atoms with E-state index in [0.717, 1.165) is 5.69 Å². The zero-order valence-electron chi connectivity index (χ0n) is 18.4. The van der Waals surface area contributed by atoms with E-state index >= 15 is 0 Å². The number of benzene rings is 1. The van der Waals surface area contributed by atoms with E-state index in [2.05, 4.69) is 27.1 Å². The van der Waals surface area contributed by atoms with Crippen molar-refractivity contribution >= 4 is 17.6 Å². The number of rotatable bonds is 9. The summed E-state index contributed by atoms with van der Waals surface area (Å²) in [6.07, 6.45) is 3.87. The number of alkyl halides is 1. The number of halogens is 1. The third kappa shape index (κ3) is 5.09. The maximum Gasteiger partial charge on any atom is 0.148 e. The van der Waals surface area contributed by atoms with Gasteiger partial charge in [-0.15, -0.1) is 0 Å². The molecule has 0 spiro atoms. The fourth-order valence-electron chi connectivity index (χ4n) is 3.49. The van der Waals surface area contributed by atoms with Gasteiger partial charge in [-0.2, -0.15) is 10.5 Å². The summed E-state index contributed by atoms with van der Waals surface area (Å²) in [5, 5.41) is 20.6. The van der Waals surface area contributed by atoms with Gasteiger partial charge in [0.05, 0.1) is 31.0 Å². The number of thioether (sulfide) groups is 1. The first-order valence-corrected chi connectivity index (χ1v) is 11.5.